The Balaban J connectivity index is 1.38. The van der Waals surface area contributed by atoms with Crippen molar-refractivity contribution in [3.05, 3.63) is 108 Å². The van der Waals surface area contributed by atoms with E-state index in [9.17, 15) is 9.90 Å². The first-order chi connectivity index (χ1) is 17.3. The van der Waals surface area contributed by atoms with Crippen LogP contribution in [0.3, 0.4) is 0 Å². The lowest BCUT2D eigenvalue weighted by Gasteiger charge is -2.21. The van der Waals surface area contributed by atoms with Crippen molar-refractivity contribution in [2.45, 2.75) is 34.0 Å². The third-order valence-electron chi connectivity index (χ3n) is 5.77. The van der Waals surface area contributed by atoms with Crippen LogP contribution in [0.2, 0.25) is 0 Å². The number of oxazole rings is 1. The molecule has 7 nitrogen and oxygen atoms in total. The molecule has 3 aromatic carbocycles. The van der Waals surface area contributed by atoms with Crippen LogP contribution in [-0.2, 0) is 22.8 Å². The van der Waals surface area contributed by atoms with Crippen LogP contribution in [0.15, 0.2) is 94.5 Å². The summed E-state index contributed by atoms with van der Waals surface area (Å²) in [4.78, 5) is 21.9. The second kappa shape index (κ2) is 10.9. The first kappa shape index (κ1) is 24.7. The molecule has 0 unspecified atom stereocenters. The third-order valence-corrected chi connectivity index (χ3v) is 5.77. The van der Waals surface area contributed by atoms with Gasteiger partial charge in [0.25, 0.3) is 0 Å². The van der Waals surface area contributed by atoms with E-state index < -0.39 is 11.4 Å². The minimum Gasteiger partial charge on any atom is -0.487 e. The minimum absolute atomic E-state index is 0.190. The average Bonchev–Trinajstić information content (AvgIpc) is 3.27. The largest absolute Gasteiger partial charge is 0.487 e. The van der Waals surface area contributed by atoms with E-state index in [0.717, 1.165) is 22.6 Å². The van der Waals surface area contributed by atoms with Crippen LogP contribution in [0.1, 0.15) is 36.4 Å². The second-order valence-electron chi connectivity index (χ2n) is 8.83. The van der Waals surface area contributed by atoms with Gasteiger partial charge in [0.15, 0.2) is 0 Å². The number of aromatic nitrogens is 1. The average molecular weight is 485 g/mol. The Labute approximate surface area is 210 Å². The van der Waals surface area contributed by atoms with E-state index in [1.807, 2.05) is 91.9 Å². The molecule has 0 saturated heterocycles. The molecule has 0 atom stereocenters. The van der Waals surface area contributed by atoms with Gasteiger partial charge in [0.05, 0.1) is 0 Å². The Morgan fingerprint density at radius 3 is 2.22 bits per heavy atom. The smallest absolute Gasteiger partial charge is 0.315 e. The number of hydrogen-bond donors (Lipinski definition) is 1. The molecule has 0 aliphatic carbocycles. The van der Waals surface area contributed by atoms with Crippen molar-refractivity contribution in [2.24, 2.45) is 10.6 Å². The quantitative estimate of drug-likeness (QED) is 0.211. The van der Waals surface area contributed by atoms with Gasteiger partial charge in [-0.25, -0.2) is 4.98 Å². The number of aliphatic carboxylic acids is 1. The maximum atomic E-state index is 11.8. The van der Waals surface area contributed by atoms with Gasteiger partial charge in [-0.2, -0.15) is 0 Å². The molecule has 0 aliphatic heterocycles. The summed E-state index contributed by atoms with van der Waals surface area (Å²) in [5.41, 5.74) is 2.38. The summed E-state index contributed by atoms with van der Waals surface area (Å²) in [6, 6.07) is 26.3. The Hall–Kier alpha value is -4.39. The van der Waals surface area contributed by atoms with E-state index in [2.05, 4.69) is 10.1 Å². The van der Waals surface area contributed by atoms with E-state index in [4.69, 9.17) is 14.0 Å². The van der Waals surface area contributed by atoms with Crippen molar-refractivity contribution in [3.63, 3.8) is 0 Å². The SMILES string of the molecule is Cc1oc(-c2ccccc2)nc1COc1ccc(CO/N=C(\c2ccccc2)C(C)(C)C(=O)O)cc1. The highest BCUT2D eigenvalue weighted by molar-refractivity contribution is 6.14. The Morgan fingerprint density at radius 1 is 0.944 bits per heavy atom. The normalized spacial score (nSPS) is 11.8. The summed E-state index contributed by atoms with van der Waals surface area (Å²) in [5.74, 6) is 0.993. The van der Waals surface area contributed by atoms with E-state index >= 15 is 0 Å². The first-order valence-electron chi connectivity index (χ1n) is 11.6. The van der Waals surface area contributed by atoms with Crippen LogP contribution < -0.4 is 4.74 Å². The summed E-state index contributed by atoms with van der Waals surface area (Å²) >= 11 is 0. The van der Waals surface area contributed by atoms with Gasteiger partial charge in [0, 0.05) is 11.1 Å². The number of oxime groups is 1. The molecule has 4 aromatic rings. The predicted octanol–water partition coefficient (Wildman–Crippen LogP) is 6.26. The fraction of sp³-hybridized carbons (Fsp3) is 0.207. The lowest BCUT2D eigenvalue weighted by molar-refractivity contribution is -0.143. The predicted molar refractivity (Wildman–Crippen MR) is 137 cm³/mol. The van der Waals surface area contributed by atoms with Crippen LogP contribution >= 0.6 is 0 Å². The molecule has 1 aromatic heterocycles. The minimum atomic E-state index is -1.21. The third kappa shape index (κ3) is 5.81. The number of carbonyl (C=O) groups is 1. The Bertz CT molecular complexity index is 1330. The number of ether oxygens (including phenoxy) is 1. The highest BCUT2D eigenvalue weighted by atomic mass is 16.6. The second-order valence-corrected chi connectivity index (χ2v) is 8.83. The van der Waals surface area contributed by atoms with Crippen LogP contribution in [0.25, 0.3) is 11.5 Å². The van der Waals surface area contributed by atoms with Gasteiger partial charge in [0.2, 0.25) is 5.89 Å². The molecular formula is C29H28N2O5. The Morgan fingerprint density at radius 2 is 1.58 bits per heavy atom. The Kier molecular flexibility index (Phi) is 7.49. The summed E-state index contributed by atoms with van der Waals surface area (Å²) in [6.07, 6.45) is 0. The number of carboxylic acid groups (broad SMARTS) is 1. The molecule has 184 valence electrons. The molecular weight excluding hydrogens is 456 g/mol. The molecule has 1 heterocycles. The van der Waals surface area contributed by atoms with Crippen LogP contribution in [0, 0.1) is 12.3 Å². The summed E-state index contributed by atoms with van der Waals surface area (Å²) in [5, 5.41) is 13.9. The standard InChI is InChI=1S/C29H28N2O5/c1-20-25(30-27(36-20)23-12-8-5-9-13-23)19-34-24-16-14-21(15-17-24)18-35-31-26(29(2,3)28(32)33)22-10-6-4-7-11-22/h4-17H,18-19H2,1-3H3,(H,32,33)/b31-26+. The van der Waals surface area contributed by atoms with E-state index in [1.165, 1.54) is 0 Å². The van der Waals surface area contributed by atoms with E-state index in [1.54, 1.807) is 13.8 Å². The van der Waals surface area contributed by atoms with Gasteiger partial charge < -0.3 is 19.1 Å². The molecule has 0 spiro atoms. The number of aryl methyl sites for hydroxylation is 1. The molecule has 0 aliphatic rings. The highest BCUT2D eigenvalue weighted by Gasteiger charge is 2.35. The van der Waals surface area contributed by atoms with Gasteiger partial charge in [0.1, 0.15) is 41.5 Å². The zero-order chi connectivity index (χ0) is 25.5. The number of nitrogens with zero attached hydrogens (tertiary/aromatic N) is 2. The van der Waals surface area contributed by atoms with Crippen LogP contribution in [0.4, 0.5) is 0 Å². The molecule has 36 heavy (non-hydrogen) atoms. The zero-order valence-electron chi connectivity index (χ0n) is 20.5. The lowest BCUT2D eigenvalue weighted by Crippen LogP contribution is -2.34. The van der Waals surface area contributed by atoms with Crippen molar-refractivity contribution in [3.8, 4) is 17.2 Å². The number of rotatable bonds is 10. The van der Waals surface area contributed by atoms with Crippen LogP contribution in [-0.4, -0.2) is 21.8 Å². The molecule has 4 rings (SSSR count). The summed E-state index contributed by atoms with van der Waals surface area (Å²) in [6.45, 7) is 5.56. The highest BCUT2D eigenvalue weighted by Crippen LogP contribution is 2.25. The van der Waals surface area contributed by atoms with Crippen molar-refractivity contribution >= 4 is 11.7 Å². The van der Waals surface area contributed by atoms with Crippen molar-refractivity contribution in [2.75, 3.05) is 0 Å². The maximum Gasteiger partial charge on any atom is 0.315 e. The molecule has 0 fully saturated rings. The molecule has 0 saturated carbocycles. The fourth-order valence-corrected chi connectivity index (χ4v) is 3.50. The summed E-state index contributed by atoms with van der Waals surface area (Å²) < 4.78 is 11.7. The topological polar surface area (TPSA) is 94.2 Å². The van der Waals surface area contributed by atoms with Gasteiger partial charge in [-0.1, -0.05) is 65.8 Å². The molecule has 7 heteroatoms. The summed E-state index contributed by atoms with van der Waals surface area (Å²) in [7, 11) is 0. The number of carboxylic acids is 1. The molecule has 0 bridgehead atoms. The monoisotopic (exact) mass is 484 g/mol. The van der Waals surface area contributed by atoms with E-state index in [-0.39, 0.29) is 13.2 Å². The zero-order valence-corrected chi connectivity index (χ0v) is 20.5. The molecule has 0 radical (unpaired) electrons. The van der Waals surface area contributed by atoms with Crippen LogP contribution in [0.5, 0.6) is 5.75 Å². The van der Waals surface area contributed by atoms with E-state index in [0.29, 0.717) is 22.9 Å². The van der Waals surface area contributed by atoms with Crippen molar-refractivity contribution in [1.82, 2.24) is 4.98 Å². The lowest BCUT2D eigenvalue weighted by atomic mass is 9.83. The van der Waals surface area contributed by atoms with Gasteiger partial charge in [-0.15, -0.1) is 0 Å². The molecule has 0 amide bonds. The number of hydrogen-bond acceptors (Lipinski definition) is 6. The van der Waals surface area contributed by atoms with Gasteiger partial charge in [-0.05, 0) is 50.6 Å². The molecule has 1 N–H and O–H groups in total. The fourth-order valence-electron chi connectivity index (χ4n) is 3.50. The number of benzene rings is 3. The maximum absolute atomic E-state index is 11.8. The van der Waals surface area contributed by atoms with Crippen molar-refractivity contribution < 1.29 is 23.9 Å². The van der Waals surface area contributed by atoms with Gasteiger partial charge in [-0.3, -0.25) is 4.79 Å². The first-order valence-corrected chi connectivity index (χ1v) is 11.6. The van der Waals surface area contributed by atoms with Gasteiger partial charge >= 0.3 is 5.97 Å². The van der Waals surface area contributed by atoms with Crippen molar-refractivity contribution in [1.29, 1.82) is 0 Å².